The highest BCUT2D eigenvalue weighted by atomic mass is 79.9. The first-order valence-corrected chi connectivity index (χ1v) is 6.74. The average molecular weight is 269 g/mol. The normalized spacial score (nSPS) is 13.1. The molecule has 0 spiro atoms. The Labute approximate surface area is 95.2 Å². The molecule has 0 aromatic heterocycles. The SMILES string of the molecule is OCCCC(F)CCCCCCCBr. The predicted octanol–water partition coefficient (Wildman–Crippen LogP) is 3.83. The van der Waals surface area contributed by atoms with Gasteiger partial charge in [-0.1, -0.05) is 41.6 Å². The topological polar surface area (TPSA) is 20.2 Å². The molecule has 0 saturated heterocycles. The summed E-state index contributed by atoms with van der Waals surface area (Å²) in [5.41, 5.74) is 0. The van der Waals surface area contributed by atoms with E-state index in [1.54, 1.807) is 0 Å². The molecule has 0 heterocycles. The molecule has 0 amide bonds. The lowest BCUT2D eigenvalue weighted by atomic mass is 10.1. The maximum absolute atomic E-state index is 13.0. The largest absolute Gasteiger partial charge is 0.396 e. The van der Waals surface area contributed by atoms with Gasteiger partial charge in [-0.3, -0.25) is 0 Å². The standard InChI is InChI=1S/C11H22BrFO/c12-9-5-3-1-2-4-7-11(13)8-6-10-14/h11,14H,1-10H2. The molecule has 0 aliphatic carbocycles. The third-order valence-corrected chi connectivity index (χ3v) is 2.89. The van der Waals surface area contributed by atoms with Crippen molar-refractivity contribution in [2.45, 2.75) is 57.5 Å². The van der Waals surface area contributed by atoms with Gasteiger partial charge in [0, 0.05) is 11.9 Å². The van der Waals surface area contributed by atoms with E-state index in [2.05, 4.69) is 15.9 Å². The summed E-state index contributed by atoms with van der Waals surface area (Å²) < 4.78 is 13.0. The fourth-order valence-corrected chi connectivity index (χ4v) is 1.84. The Balaban J connectivity index is 3.02. The van der Waals surface area contributed by atoms with Crippen molar-refractivity contribution >= 4 is 15.9 Å². The van der Waals surface area contributed by atoms with Crippen molar-refractivity contribution in [1.29, 1.82) is 0 Å². The Kier molecular flexibility index (Phi) is 11.7. The maximum Gasteiger partial charge on any atom is 0.100 e. The van der Waals surface area contributed by atoms with Crippen LogP contribution in [0.5, 0.6) is 0 Å². The molecule has 0 aliphatic rings. The summed E-state index contributed by atoms with van der Waals surface area (Å²) in [6, 6.07) is 0. The Morgan fingerprint density at radius 2 is 1.50 bits per heavy atom. The van der Waals surface area contributed by atoms with Gasteiger partial charge in [-0.15, -0.1) is 0 Å². The Hall–Kier alpha value is 0.370. The summed E-state index contributed by atoms with van der Waals surface area (Å²) in [6.07, 6.45) is 6.94. The van der Waals surface area contributed by atoms with E-state index in [1.807, 2.05) is 0 Å². The van der Waals surface area contributed by atoms with Gasteiger partial charge in [0.1, 0.15) is 6.17 Å². The van der Waals surface area contributed by atoms with Gasteiger partial charge < -0.3 is 5.11 Å². The molecule has 1 unspecified atom stereocenters. The summed E-state index contributed by atoms with van der Waals surface area (Å²) in [4.78, 5) is 0. The van der Waals surface area contributed by atoms with Crippen LogP contribution in [0.4, 0.5) is 4.39 Å². The van der Waals surface area contributed by atoms with Crippen molar-refractivity contribution in [3.05, 3.63) is 0 Å². The van der Waals surface area contributed by atoms with Gasteiger partial charge in [-0.25, -0.2) is 4.39 Å². The van der Waals surface area contributed by atoms with E-state index in [0.29, 0.717) is 19.3 Å². The molecule has 0 rings (SSSR count). The first-order valence-electron chi connectivity index (χ1n) is 5.62. The summed E-state index contributed by atoms with van der Waals surface area (Å²) in [5.74, 6) is 0. The lowest BCUT2D eigenvalue weighted by Crippen LogP contribution is -2.01. The third kappa shape index (κ3) is 10.5. The molecule has 1 nitrogen and oxygen atoms in total. The monoisotopic (exact) mass is 268 g/mol. The van der Waals surface area contributed by atoms with E-state index in [9.17, 15) is 4.39 Å². The van der Waals surface area contributed by atoms with Crippen molar-refractivity contribution in [2.24, 2.45) is 0 Å². The molecule has 0 saturated carbocycles. The quantitative estimate of drug-likeness (QED) is 0.472. The molecule has 1 atom stereocenters. The number of aliphatic hydroxyl groups excluding tert-OH is 1. The van der Waals surface area contributed by atoms with Crippen LogP contribution in [0.3, 0.4) is 0 Å². The van der Waals surface area contributed by atoms with Crippen LogP contribution >= 0.6 is 15.9 Å². The number of unbranched alkanes of at least 4 members (excludes halogenated alkanes) is 4. The fourth-order valence-electron chi connectivity index (χ4n) is 1.45. The van der Waals surface area contributed by atoms with E-state index >= 15 is 0 Å². The molecule has 0 aromatic rings. The van der Waals surface area contributed by atoms with Crippen molar-refractivity contribution < 1.29 is 9.50 Å². The van der Waals surface area contributed by atoms with Gasteiger partial charge >= 0.3 is 0 Å². The van der Waals surface area contributed by atoms with E-state index in [0.717, 1.165) is 18.2 Å². The van der Waals surface area contributed by atoms with E-state index < -0.39 is 6.17 Å². The van der Waals surface area contributed by atoms with Crippen LogP contribution in [0.1, 0.15) is 51.4 Å². The van der Waals surface area contributed by atoms with Crippen molar-refractivity contribution in [3.63, 3.8) is 0 Å². The molecule has 3 heteroatoms. The van der Waals surface area contributed by atoms with Crippen LogP contribution in [-0.2, 0) is 0 Å². The van der Waals surface area contributed by atoms with Crippen LogP contribution in [0.25, 0.3) is 0 Å². The molecule has 0 aliphatic heterocycles. The maximum atomic E-state index is 13.0. The number of aliphatic hydroxyl groups is 1. The molecular weight excluding hydrogens is 247 g/mol. The van der Waals surface area contributed by atoms with Crippen LogP contribution in [0, 0.1) is 0 Å². The van der Waals surface area contributed by atoms with Crippen LogP contribution in [-0.4, -0.2) is 23.2 Å². The second-order valence-corrected chi connectivity index (χ2v) is 4.50. The summed E-state index contributed by atoms with van der Waals surface area (Å²) >= 11 is 3.39. The van der Waals surface area contributed by atoms with E-state index in [4.69, 9.17) is 5.11 Å². The molecule has 1 N–H and O–H groups in total. The first-order chi connectivity index (χ1) is 6.81. The molecule has 14 heavy (non-hydrogen) atoms. The van der Waals surface area contributed by atoms with Crippen LogP contribution in [0.2, 0.25) is 0 Å². The highest BCUT2D eigenvalue weighted by Gasteiger charge is 2.04. The van der Waals surface area contributed by atoms with Gasteiger partial charge in [-0.05, 0) is 25.7 Å². The van der Waals surface area contributed by atoms with Gasteiger partial charge in [-0.2, -0.15) is 0 Å². The molecule has 0 fully saturated rings. The lowest BCUT2D eigenvalue weighted by molar-refractivity contribution is 0.234. The number of alkyl halides is 2. The summed E-state index contributed by atoms with van der Waals surface area (Å²) in [5, 5.41) is 9.59. The molecule has 0 radical (unpaired) electrons. The zero-order chi connectivity index (χ0) is 10.6. The summed E-state index contributed by atoms with van der Waals surface area (Å²) in [7, 11) is 0. The van der Waals surface area contributed by atoms with E-state index in [1.165, 1.54) is 19.3 Å². The van der Waals surface area contributed by atoms with Crippen molar-refractivity contribution in [2.75, 3.05) is 11.9 Å². The highest BCUT2D eigenvalue weighted by molar-refractivity contribution is 9.09. The minimum atomic E-state index is -0.696. The fraction of sp³-hybridized carbons (Fsp3) is 1.00. The second kappa shape index (κ2) is 11.4. The molecule has 0 aromatic carbocycles. The average Bonchev–Trinajstić information content (AvgIpc) is 2.20. The third-order valence-electron chi connectivity index (χ3n) is 2.33. The zero-order valence-corrected chi connectivity index (χ0v) is 10.4. The molecular formula is C11H22BrFO. The number of rotatable bonds is 10. The minimum absolute atomic E-state index is 0.117. The predicted molar refractivity (Wildman–Crippen MR) is 62.7 cm³/mol. The van der Waals surface area contributed by atoms with E-state index in [-0.39, 0.29) is 6.61 Å². The van der Waals surface area contributed by atoms with Gasteiger partial charge in [0.2, 0.25) is 0 Å². The zero-order valence-electron chi connectivity index (χ0n) is 8.85. The molecule has 0 bridgehead atoms. The Morgan fingerprint density at radius 3 is 2.14 bits per heavy atom. The molecule has 86 valence electrons. The minimum Gasteiger partial charge on any atom is -0.396 e. The number of hydrogen-bond donors (Lipinski definition) is 1. The first kappa shape index (κ1) is 14.4. The highest BCUT2D eigenvalue weighted by Crippen LogP contribution is 2.13. The summed E-state index contributed by atoms with van der Waals surface area (Å²) in [6.45, 7) is 0.117. The lowest BCUT2D eigenvalue weighted by Gasteiger charge is -2.06. The van der Waals surface area contributed by atoms with Crippen LogP contribution in [0.15, 0.2) is 0 Å². The number of halogens is 2. The Bertz CT molecular complexity index is 111. The number of hydrogen-bond acceptors (Lipinski definition) is 1. The Morgan fingerprint density at radius 1 is 0.929 bits per heavy atom. The second-order valence-electron chi connectivity index (χ2n) is 3.71. The smallest absolute Gasteiger partial charge is 0.100 e. The van der Waals surface area contributed by atoms with Crippen molar-refractivity contribution in [1.82, 2.24) is 0 Å². The van der Waals surface area contributed by atoms with Gasteiger partial charge in [0.15, 0.2) is 0 Å². The van der Waals surface area contributed by atoms with Gasteiger partial charge in [0.25, 0.3) is 0 Å². The van der Waals surface area contributed by atoms with Gasteiger partial charge in [0.05, 0.1) is 0 Å². The van der Waals surface area contributed by atoms with Crippen molar-refractivity contribution in [3.8, 4) is 0 Å². The van der Waals surface area contributed by atoms with Crippen LogP contribution < -0.4 is 0 Å².